The maximum absolute atomic E-state index is 13.1. The highest BCUT2D eigenvalue weighted by Gasteiger charge is 2.18. The lowest BCUT2D eigenvalue weighted by atomic mass is 10.1. The topological polar surface area (TPSA) is 115 Å². The monoisotopic (exact) mass is 585 g/mol. The van der Waals surface area contributed by atoms with Crippen molar-refractivity contribution in [1.82, 2.24) is 23.9 Å². The second-order valence-corrected chi connectivity index (χ2v) is 10.7. The molecular formula is C32H39N7O4. The Kier molecular flexibility index (Phi) is 9.89. The molecule has 0 radical (unpaired) electrons. The van der Waals surface area contributed by atoms with Gasteiger partial charge in [-0.25, -0.2) is 0 Å². The van der Waals surface area contributed by atoms with Crippen LogP contribution < -0.4 is 20.7 Å². The Morgan fingerprint density at radius 2 is 1.33 bits per heavy atom. The van der Waals surface area contributed by atoms with Crippen molar-refractivity contribution in [3.8, 4) is 5.75 Å². The summed E-state index contributed by atoms with van der Waals surface area (Å²) in [7, 11) is 10.9. The Morgan fingerprint density at radius 1 is 0.767 bits per heavy atom. The summed E-state index contributed by atoms with van der Waals surface area (Å²) >= 11 is 0. The van der Waals surface area contributed by atoms with Gasteiger partial charge in [0.05, 0.1) is 18.5 Å². The van der Waals surface area contributed by atoms with Crippen LogP contribution in [0.5, 0.6) is 5.75 Å². The zero-order chi connectivity index (χ0) is 31.1. The molecule has 0 saturated heterocycles. The molecule has 11 nitrogen and oxygen atoms in total. The van der Waals surface area contributed by atoms with Gasteiger partial charge in [-0.1, -0.05) is 24.3 Å². The smallest absolute Gasteiger partial charge is 0.272 e. The van der Waals surface area contributed by atoms with Gasteiger partial charge in [-0.3, -0.25) is 14.4 Å². The summed E-state index contributed by atoms with van der Waals surface area (Å²) in [6.45, 7) is 1.44. The van der Waals surface area contributed by atoms with Gasteiger partial charge < -0.3 is 39.3 Å². The maximum atomic E-state index is 13.1. The number of hydrogen-bond acceptors (Lipinski definition) is 5. The van der Waals surface area contributed by atoms with Crippen LogP contribution in [-0.2, 0) is 21.1 Å². The number of anilines is 2. The molecule has 3 aromatic heterocycles. The number of aromatic nitrogens is 3. The van der Waals surface area contributed by atoms with Gasteiger partial charge in [0, 0.05) is 46.3 Å². The normalized spacial score (nSPS) is 11.2. The molecule has 0 aliphatic heterocycles. The number of hydrogen-bond donors (Lipinski definition) is 3. The lowest BCUT2D eigenvalue weighted by Gasteiger charge is -2.10. The minimum atomic E-state index is -0.365. The Hall–Kier alpha value is -5.03. The molecule has 11 heteroatoms. The Bertz CT molecular complexity index is 1640. The average molecular weight is 586 g/mol. The largest absolute Gasteiger partial charge is 0.497 e. The van der Waals surface area contributed by atoms with Crippen LogP contribution in [0, 0.1) is 0 Å². The molecule has 3 heterocycles. The van der Waals surface area contributed by atoms with Crippen molar-refractivity contribution < 1.29 is 19.1 Å². The molecule has 0 unspecified atom stereocenters. The average Bonchev–Trinajstić information content (AvgIpc) is 3.65. The Labute approximate surface area is 251 Å². The van der Waals surface area contributed by atoms with Crippen LogP contribution in [0.2, 0.25) is 0 Å². The van der Waals surface area contributed by atoms with Crippen molar-refractivity contribution in [2.24, 2.45) is 21.1 Å². The lowest BCUT2D eigenvalue weighted by molar-refractivity contribution is 0.0942. The number of methoxy groups -OCH3 is 1. The summed E-state index contributed by atoms with van der Waals surface area (Å²) in [5, 5.41) is 8.63. The fraction of sp³-hybridized carbons (Fsp3) is 0.281. The third kappa shape index (κ3) is 8.04. The van der Waals surface area contributed by atoms with Gasteiger partial charge in [0.25, 0.3) is 17.7 Å². The number of carbonyl (C=O) groups is 3. The molecule has 3 amide bonds. The van der Waals surface area contributed by atoms with E-state index in [9.17, 15) is 14.4 Å². The van der Waals surface area contributed by atoms with Crippen LogP contribution in [0.4, 0.5) is 11.4 Å². The SMILES string of the molecule is COc1cccc(/C=C/c2cc(C(=O)Nc3cc(C(=O)Nc4cc(C(=O)NCCCN(C)C)n(C)c4)n(C)c3)n(C)c2)c1. The summed E-state index contributed by atoms with van der Waals surface area (Å²) in [6, 6.07) is 12.8. The number of amides is 3. The van der Waals surface area contributed by atoms with E-state index in [1.807, 2.05) is 56.7 Å². The second kappa shape index (κ2) is 13.8. The molecule has 43 heavy (non-hydrogen) atoms. The van der Waals surface area contributed by atoms with Gasteiger partial charge in [-0.2, -0.15) is 0 Å². The molecule has 1 aromatic carbocycles. The first-order valence-corrected chi connectivity index (χ1v) is 13.9. The molecule has 226 valence electrons. The van der Waals surface area contributed by atoms with Crippen LogP contribution in [0.15, 0.2) is 61.1 Å². The highest BCUT2D eigenvalue weighted by molar-refractivity contribution is 6.07. The fourth-order valence-corrected chi connectivity index (χ4v) is 4.64. The summed E-state index contributed by atoms with van der Waals surface area (Å²) < 4.78 is 10.3. The molecule has 0 fully saturated rings. The number of nitrogens with one attached hydrogen (secondary N) is 3. The fourth-order valence-electron chi connectivity index (χ4n) is 4.64. The third-order valence-electron chi connectivity index (χ3n) is 6.88. The van der Waals surface area contributed by atoms with Crippen LogP contribution in [0.1, 0.15) is 49.0 Å². The first-order valence-electron chi connectivity index (χ1n) is 13.9. The van der Waals surface area contributed by atoms with Crippen molar-refractivity contribution in [3.63, 3.8) is 0 Å². The van der Waals surface area contributed by atoms with Gasteiger partial charge in [0.2, 0.25) is 0 Å². The van der Waals surface area contributed by atoms with Gasteiger partial charge in [-0.15, -0.1) is 0 Å². The van der Waals surface area contributed by atoms with Gasteiger partial charge in [0.15, 0.2) is 0 Å². The van der Waals surface area contributed by atoms with Crippen LogP contribution in [0.3, 0.4) is 0 Å². The molecule has 0 aliphatic carbocycles. The Balaban J connectivity index is 1.37. The van der Waals surface area contributed by atoms with E-state index in [4.69, 9.17) is 4.74 Å². The maximum Gasteiger partial charge on any atom is 0.272 e. The number of carbonyl (C=O) groups excluding carboxylic acids is 3. The summed E-state index contributed by atoms with van der Waals surface area (Å²) in [4.78, 5) is 40.8. The van der Waals surface area contributed by atoms with E-state index in [-0.39, 0.29) is 17.7 Å². The van der Waals surface area contributed by atoms with Gasteiger partial charge in [0.1, 0.15) is 22.8 Å². The Morgan fingerprint density at radius 3 is 1.93 bits per heavy atom. The molecule has 0 atom stereocenters. The highest BCUT2D eigenvalue weighted by atomic mass is 16.5. The van der Waals surface area contributed by atoms with Crippen molar-refractivity contribution >= 4 is 41.2 Å². The van der Waals surface area contributed by atoms with Crippen molar-refractivity contribution in [2.45, 2.75) is 6.42 Å². The first kappa shape index (κ1) is 30.9. The number of ether oxygens (including phenoxy) is 1. The highest BCUT2D eigenvalue weighted by Crippen LogP contribution is 2.20. The summed E-state index contributed by atoms with van der Waals surface area (Å²) in [6.07, 6.45) is 9.96. The molecule has 0 bridgehead atoms. The summed E-state index contributed by atoms with van der Waals surface area (Å²) in [5.41, 5.74) is 4.09. The number of aryl methyl sites for hydroxylation is 3. The quantitative estimate of drug-likeness (QED) is 0.217. The molecule has 0 aliphatic rings. The van der Waals surface area contributed by atoms with Crippen LogP contribution >= 0.6 is 0 Å². The van der Waals surface area contributed by atoms with Crippen LogP contribution in [0.25, 0.3) is 12.2 Å². The van der Waals surface area contributed by atoms with Crippen molar-refractivity contribution in [3.05, 3.63) is 89.3 Å². The molecular weight excluding hydrogens is 546 g/mol. The predicted octanol–water partition coefficient (Wildman–Crippen LogP) is 4.07. The van der Waals surface area contributed by atoms with Crippen molar-refractivity contribution in [2.75, 3.05) is 44.9 Å². The van der Waals surface area contributed by atoms with E-state index in [1.54, 1.807) is 72.5 Å². The first-order chi connectivity index (χ1) is 20.5. The number of benzene rings is 1. The van der Waals surface area contributed by atoms with Gasteiger partial charge in [-0.05, 0) is 68.5 Å². The van der Waals surface area contributed by atoms with Crippen LogP contribution in [-0.4, -0.2) is 70.6 Å². The molecule has 0 spiro atoms. The van der Waals surface area contributed by atoms with E-state index in [0.717, 1.165) is 29.8 Å². The summed E-state index contributed by atoms with van der Waals surface area (Å²) in [5.74, 6) is -0.0974. The standard InChI is InChI=1S/C32H39N7O4/c1-36(2)14-8-13-33-30(40)28-17-24(20-38(28)4)35-32(42)29-18-25(21-39(29)5)34-31(41)27-16-23(19-37(27)3)12-11-22-9-7-10-26(15-22)43-6/h7,9-12,15-21H,8,13-14H2,1-6H3,(H,33,40)(H,34,41)(H,35,42)/b12-11+. The number of rotatable bonds is 12. The van der Waals surface area contributed by atoms with Crippen molar-refractivity contribution in [1.29, 1.82) is 0 Å². The molecule has 4 aromatic rings. The molecule has 4 rings (SSSR count). The zero-order valence-electron chi connectivity index (χ0n) is 25.5. The molecule has 0 saturated carbocycles. The number of nitrogens with zero attached hydrogens (tertiary/aromatic N) is 4. The van der Waals surface area contributed by atoms with E-state index in [1.165, 1.54) is 0 Å². The minimum absolute atomic E-state index is 0.203. The van der Waals surface area contributed by atoms with E-state index < -0.39 is 0 Å². The third-order valence-corrected chi connectivity index (χ3v) is 6.88. The lowest BCUT2D eigenvalue weighted by Crippen LogP contribution is -2.28. The zero-order valence-corrected chi connectivity index (χ0v) is 25.5. The van der Waals surface area contributed by atoms with Gasteiger partial charge >= 0.3 is 0 Å². The predicted molar refractivity (Wildman–Crippen MR) is 170 cm³/mol. The van der Waals surface area contributed by atoms with E-state index in [0.29, 0.717) is 35.0 Å². The van der Waals surface area contributed by atoms with E-state index >= 15 is 0 Å². The van der Waals surface area contributed by atoms with E-state index in [2.05, 4.69) is 20.9 Å². The minimum Gasteiger partial charge on any atom is -0.497 e. The molecule has 3 N–H and O–H groups in total. The second-order valence-electron chi connectivity index (χ2n) is 10.7.